The lowest BCUT2D eigenvalue weighted by Gasteiger charge is -2.10. The van der Waals surface area contributed by atoms with Gasteiger partial charge < -0.3 is 4.74 Å². The number of hydrogen-bond acceptors (Lipinski definition) is 5. The average Bonchev–Trinajstić information content (AvgIpc) is 3.22. The van der Waals surface area contributed by atoms with Gasteiger partial charge in [0, 0.05) is 20.1 Å². The number of ether oxygens (including phenoxy) is 1. The third-order valence-corrected chi connectivity index (χ3v) is 5.70. The van der Waals surface area contributed by atoms with Crippen LogP contribution in [-0.4, -0.2) is 32.5 Å². The molecule has 0 aliphatic rings. The molecule has 6 nitrogen and oxygen atoms in total. The predicted molar refractivity (Wildman–Crippen MR) is 114 cm³/mol. The fraction of sp³-hybridized carbons (Fsp3) is 0.100. The van der Waals surface area contributed by atoms with Crippen LogP contribution in [0.5, 0.6) is 5.75 Å². The second-order valence-electron chi connectivity index (χ2n) is 6.08. The lowest BCUT2D eigenvalue weighted by Crippen LogP contribution is -1.94. The van der Waals surface area contributed by atoms with Crippen molar-refractivity contribution in [3.8, 4) is 28.5 Å². The van der Waals surface area contributed by atoms with Gasteiger partial charge in [0.1, 0.15) is 5.75 Å². The molecule has 28 heavy (non-hydrogen) atoms. The Labute approximate surface area is 178 Å². The molecule has 140 valence electrons. The van der Waals surface area contributed by atoms with Gasteiger partial charge in [0.2, 0.25) is 0 Å². The van der Waals surface area contributed by atoms with E-state index in [1.54, 1.807) is 19.5 Å². The van der Waals surface area contributed by atoms with Crippen molar-refractivity contribution in [1.82, 2.24) is 25.4 Å². The average molecular weight is 501 g/mol. The van der Waals surface area contributed by atoms with E-state index in [2.05, 4.69) is 69.4 Å². The minimum Gasteiger partial charge on any atom is -0.497 e. The van der Waals surface area contributed by atoms with Crippen LogP contribution in [0.2, 0.25) is 0 Å². The number of H-pyrrole nitrogens is 1. The number of benzene rings is 2. The summed E-state index contributed by atoms with van der Waals surface area (Å²) in [5.74, 6) is 2.12. The molecule has 2 aromatic heterocycles. The van der Waals surface area contributed by atoms with Crippen LogP contribution in [0.25, 0.3) is 22.8 Å². The smallest absolute Gasteiger partial charge is 0.181 e. The van der Waals surface area contributed by atoms with Gasteiger partial charge in [0.25, 0.3) is 0 Å². The monoisotopic (exact) mass is 499 g/mol. The third kappa shape index (κ3) is 3.98. The molecule has 0 spiro atoms. The molecule has 4 aromatic rings. The van der Waals surface area contributed by atoms with Crippen LogP contribution in [0.3, 0.4) is 0 Å². The number of hydrogen-bond donors (Lipinski definition) is 1. The molecule has 8 heteroatoms. The molecule has 0 radical (unpaired) electrons. The van der Waals surface area contributed by atoms with Crippen LogP contribution in [0.15, 0.2) is 63.8 Å². The van der Waals surface area contributed by atoms with Gasteiger partial charge in [-0.15, -0.1) is 0 Å². The first kappa shape index (κ1) is 18.8. The highest BCUT2D eigenvalue weighted by atomic mass is 79.9. The zero-order valence-electron chi connectivity index (χ0n) is 14.9. The molecule has 2 aromatic carbocycles. The first-order valence-electron chi connectivity index (χ1n) is 8.45. The maximum atomic E-state index is 5.22. The number of halogens is 2. The highest BCUT2D eigenvalue weighted by molar-refractivity contribution is 9.11. The number of nitrogens with one attached hydrogen (secondary N) is 1. The molecule has 0 amide bonds. The number of nitrogens with zero attached hydrogens (tertiary/aromatic N) is 4. The Hall–Kier alpha value is -2.58. The first-order valence-corrected chi connectivity index (χ1v) is 10.0. The Kier molecular flexibility index (Phi) is 5.50. The van der Waals surface area contributed by atoms with Gasteiger partial charge in [0.15, 0.2) is 11.6 Å². The molecular formula is C20H15Br2N5O. The van der Waals surface area contributed by atoms with Crippen LogP contribution < -0.4 is 4.74 Å². The second-order valence-corrected chi connectivity index (χ2v) is 7.79. The van der Waals surface area contributed by atoms with E-state index in [9.17, 15) is 0 Å². The van der Waals surface area contributed by atoms with Gasteiger partial charge in [0.05, 0.1) is 19.5 Å². The molecular weight excluding hydrogens is 486 g/mol. The number of rotatable bonds is 5. The maximum Gasteiger partial charge on any atom is 0.181 e. The van der Waals surface area contributed by atoms with Crippen molar-refractivity contribution in [2.45, 2.75) is 6.42 Å². The molecule has 4 rings (SSSR count). The van der Waals surface area contributed by atoms with E-state index >= 15 is 0 Å². The van der Waals surface area contributed by atoms with E-state index in [0.29, 0.717) is 11.6 Å². The molecule has 0 fully saturated rings. The first-order chi connectivity index (χ1) is 13.6. The maximum absolute atomic E-state index is 5.22. The number of aromatic nitrogens is 5. The molecule has 0 atom stereocenters. The zero-order valence-corrected chi connectivity index (χ0v) is 18.0. The summed E-state index contributed by atoms with van der Waals surface area (Å²) in [4.78, 5) is 4.58. The van der Waals surface area contributed by atoms with Crippen molar-refractivity contribution in [3.63, 3.8) is 0 Å². The summed E-state index contributed by atoms with van der Waals surface area (Å²) in [6.45, 7) is 0. The fourth-order valence-electron chi connectivity index (χ4n) is 2.80. The highest BCUT2D eigenvalue weighted by Gasteiger charge is 2.13. The Morgan fingerprint density at radius 1 is 0.964 bits per heavy atom. The molecule has 0 bridgehead atoms. The zero-order chi connectivity index (χ0) is 19.5. The molecule has 1 N–H and O–H groups in total. The fourth-order valence-corrected chi connectivity index (χ4v) is 4.27. The predicted octanol–water partition coefficient (Wildman–Crippen LogP) is 5.05. The van der Waals surface area contributed by atoms with E-state index in [0.717, 1.165) is 37.8 Å². The van der Waals surface area contributed by atoms with Crippen LogP contribution in [0, 0.1) is 0 Å². The minimum atomic E-state index is 0.615. The summed E-state index contributed by atoms with van der Waals surface area (Å²) in [7, 11) is 1.67. The normalized spacial score (nSPS) is 10.8. The standard InChI is InChI=1S/C20H15Br2N5O/c1-28-15-4-2-12(3-5-15)8-16-17(21)9-14(10-18(16)22)20-25-19(26-27-20)13-6-7-23-24-11-13/h2-7,9-11H,8H2,1H3,(H,25,26,27). The Morgan fingerprint density at radius 2 is 1.71 bits per heavy atom. The minimum absolute atomic E-state index is 0.615. The van der Waals surface area contributed by atoms with Gasteiger partial charge in [-0.05, 0) is 47.9 Å². The van der Waals surface area contributed by atoms with Gasteiger partial charge in [-0.3, -0.25) is 5.10 Å². The number of methoxy groups -OCH3 is 1. The Bertz CT molecular complexity index is 1070. The topological polar surface area (TPSA) is 76.6 Å². The number of aromatic amines is 1. The van der Waals surface area contributed by atoms with E-state index in [4.69, 9.17) is 4.74 Å². The van der Waals surface area contributed by atoms with Crippen LogP contribution in [0.1, 0.15) is 11.1 Å². The van der Waals surface area contributed by atoms with E-state index < -0.39 is 0 Å². The molecule has 0 saturated heterocycles. The van der Waals surface area contributed by atoms with Gasteiger partial charge in [-0.25, -0.2) is 4.98 Å². The highest BCUT2D eigenvalue weighted by Crippen LogP contribution is 2.33. The molecule has 0 aliphatic carbocycles. The van der Waals surface area contributed by atoms with Crippen molar-refractivity contribution in [2.24, 2.45) is 0 Å². The summed E-state index contributed by atoms with van der Waals surface area (Å²) in [6, 6.07) is 14.0. The summed E-state index contributed by atoms with van der Waals surface area (Å²) in [5.41, 5.74) is 4.09. The molecule has 0 saturated carbocycles. The van der Waals surface area contributed by atoms with E-state index in [1.165, 1.54) is 5.56 Å². The van der Waals surface area contributed by atoms with E-state index in [-0.39, 0.29) is 0 Å². The lowest BCUT2D eigenvalue weighted by atomic mass is 10.0. The van der Waals surface area contributed by atoms with Gasteiger partial charge in [-0.1, -0.05) is 44.0 Å². The second kappa shape index (κ2) is 8.20. The van der Waals surface area contributed by atoms with Crippen molar-refractivity contribution in [1.29, 1.82) is 0 Å². The van der Waals surface area contributed by atoms with Crippen molar-refractivity contribution in [2.75, 3.05) is 7.11 Å². The lowest BCUT2D eigenvalue weighted by molar-refractivity contribution is 0.414. The quantitative estimate of drug-likeness (QED) is 0.414. The van der Waals surface area contributed by atoms with E-state index in [1.807, 2.05) is 30.3 Å². The molecule has 0 aliphatic heterocycles. The van der Waals surface area contributed by atoms with Crippen molar-refractivity contribution < 1.29 is 4.74 Å². The summed E-state index contributed by atoms with van der Waals surface area (Å²) < 4.78 is 7.20. The third-order valence-electron chi connectivity index (χ3n) is 4.28. The van der Waals surface area contributed by atoms with Crippen LogP contribution in [0.4, 0.5) is 0 Å². The Morgan fingerprint density at radius 3 is 2.36 bits per heavy atom. The largest absolute Gasteiger partial charge is 0.497 e. The summed E-state index contributed by atoms with van der Waals surface area (Å²) in [5, 5.41) is 14.9. The summed E-state index contributed by atoms with van der Waals surface area (Å²) in [6.07, 6.45) is 4.06. The van der Waals surface area contributed by atoms with Gasteiger partial charge >= 0.3 is 0 Å². The van der Waals surface area contributed by atoms with Crippen molar-refractivity contribution in [3.05, 3.63) is 74.9 Å². The SMILES string of the molecule is COc1ccc(Cc2c(Br)cc(-c3n[nH]c(-c4ccnnc4)n3)cc2Br)cc1. The van der Waals surface area contributed by atoms with Crippen LogP contribution >= 0.6 is 31.9 Å². The molecule has 0 unspecified atom stereocenters. The molecule has 2 heterocycles. The Balaban J connectivity index is 1.61. The summed E-state index contributed by atoms with van der Waals surface area (Å²) >= 11 is 7.39. The van der Waals surface area contributed by atoms with Crippen molar-refractivity contribution >= 4 is 31.9 Å². The van der Waals surface area contributed by atoms with Gasteiger partial charge in [-0.2, -0.15) is 15.3 Å². The van der Waals surface area contributed by atoms with Crippen LogP contribution in [-0.2, 0) is 6.42 Å².